The van der Waals surface area contributed by atoms with Crippen LogP contribution in [0.4, 0.5) is 0 Å². The Morgan fingerprint density at radius 3 is 2.58 bits per heavy atom. The van der Waals surface area contributed by atoms with Crippen LogP contribution < -0.4 is 9.47 Å². The molecular formula is C13H17N3O2S. The molecule has 0 spiro atoms. The molecule has 0 aliphatic rings. The zero-order chi connectivity index (χ0) is 13.5. The van der Waals surface area contributed by atoms with Gasteiger partial charge in [0.2, 0.25) is 5.16 Å². The van der Waals surface area contributed by atoms with Gasteiger partial charge in [0.25, 0.3) is 0 Å². The maximum absolute atomic E-state index is 5.63. The second kappa shape index (κ2) is 7.04. The number of methoxy groups -OCH3 is 1. The van der Waals surface area contributed by atoms with Crippen molar-refractivity contribution in [1.29, 1.82) is 0 Å². The minimum atomic E-state index is 0.683. The Morgan fingerprint density at radius 1 is 1.21 bits per heavy atom. The molecule has 1 heterocycles. The summed E-state index contributed by atoms with van der Waals surface area (Å²) in [4.78, 5) is 4.23. The van der Waals surface area contributed by atoms with Crippen molar-refractivity contribution in [2.24, 2.45) is 0 Å². The van der Waals surface area contributed by atoms with E-state index in [4.69, 9.17) is 9.47 Å². The highest BCUT2D eigenvalue weighted by Crippen LogP contribution is 2.18. The lowest BCUT2D eigenvalue weighted by Gasteiger charge is -2.06. The van der Waals surface area contributed by atoms with Gasteiger partial charge in [-0.25, -0.2) is 4.98 Å². The van der Waals surface area contributed by atoms with E-state index >= 15 is 0 Å². The highest BCUT2D eigenvalue weighted by molar-refractivity contribution is 7.99. The molecule has 0 unspecified atom stereocenters. The lowest BCUT2D eigenvalue weighted by molar-refractivity contribution is 0.318. The maximum atomic E-state index is 5.63. The molecular weight excluding hydrogens is 262 g/mol. The highest BCUT2D eigenvalue weighted by Gasteiger charge is 2.00. The van der Waals surface area contributed by atoms with Gasteiger partial charge in [0.15, 0.2) is 0 Å². The van der Waals surface area contributed by atoms with E-state index < -0.39 is 0 Å². The summed E-state index contributed by atoms with van der Waals surface area (Å²) in [5.74, 6) is 3.48. The second-order valence-electron chi connectivity index (χ2n) is 3.93. The third-order valence-electron chi connectivity index (χ3n) is 2.42. The normalized spacial score (nSPS) is 10.4. The molecule has 2 rings (SSSR count). The third kappa shape index (κ3) is 4.48. The number of ether oxygens (including phenoxy) is 2. The van der Waals surface area contributed by atoms with Crippen LogP contribution in [-0.2, 0) is 0 Å². The first-order valence-electron chi connectivity index (χ1n) is 6.06. The Balaban J connectivity index is 1.63. The lowest BCUT2D eigenvalue weighted by atomic mass is 10.3. The zero-order valence-corrected chi connectivity index (χ0v) is 11.9. The fourth-order valence-electron chi connectivity index (χ4n) is 1.47. The van der Waals surface area contributed by atoms with Crippen LogP contribution in [0.15, 0.2) is 29.4 Å². The standard InChI is InChI=1S/C13H17N3O2S/c1-10-14-13(16-15-10)19-9-3-8-18-12-6-4-11(17-2)5-7-12/h4-7H,3,8-9H2,1-2H3,(H,14,15,16). The van der Waals surface area contributed by atoms with Crippen LogP contribution in [0, 0.1) is 6.92 Å². The molecule has 0 bridgehead atoms. The minimum absolute atomic E-state index is 0.683. The van der Waals surface area contributed by atoms with E-state index in [-0.39, 0.29) is 0 Å². The van der Waals surface area contributed by atoms with Gasteiger partial charge in [-0.15, -0.1) is 5.10 Å². The molecule has 0 atom stereocenters. The number of hydrogen-bond acceptors (Lipinski definition) is 5. The van der Waals surface area contributed by atoms with Gasteiger partial charge in [0.1, 0.15) is 17.3 Å². The summed E-state index contributed by atoms with van der Waals surface area (Å²) in [5.41, 5.74) is 0. The van der Waals surface area contributed by atoms with Crippen molar-refractivity contribution in [2.45, 2.75) is 18.5 Å². The summed E-state index contributed by atoms with van der Waals surface area (Å²) >= 11 is 1.63. The molecule has 0 fully saturated rings. The first kappa shape index (κ1) is 13.7. The number of nitrogens with zero attached hydrogens (tertiary/aromatic N) is 2. The van der Waals surface area contributed by atoms with E-state index in [2.05, 4.69) is 15.2 Å². The molecule has 0 saturated heterocycles. The molecule has 0 amide bonds. The topological polar surface area (TPSA) is 60.0 Å². The lowest BCUT2D eigenvalue weighted by Crippen LogP contribution is -1.98. The quantitative estimate of drug-likeness (QED) is 0.623. The fourth-order valence-corrected chi connectivity index (χ4v) is 2.23. The average molecular weight is 279 g/mol. The molecule has 0 saturated carbocycles. The molecule has 5 nitrogen and oxygen atoms in total. The summed E-state index contributed by atoms with van der Waals surface area (Å²) in [6.45, 7) is 2.58. The van der Waals surface area contributed by atoms with Crippen LogP contribution in [-0.4, -0.2) is 34.7 Å². The zero-order valence-electron chi connectivity index (χ0n) is 11.0. The van der Waals surface area contributed by atoms with Crippen LogP contribution >= 0.6 is 11.8 Å². The Hall–Kier alpha value is -1.69. The number of aromatic amines is 1. The number of hydrogen-bond donors (Lipinski definition) is 1. The van der Waals surface area contributed by atoms with Gasteiger partial charge in [0.05, 0.1) is 13.7 Å². The predicted molar refractivity (Wildman–Crippen MR) is 74.9 cm³/mol. The van der Waals surface area contributed by atoms with Gasteiger partial charge < -0.3 is 9.47 Å². The molecule has 1 N–H and O–H groups in total. The fraction of sp³-hybridized carbons (Fsp3) is 0.385. The van der Waals surface area contributed by atoms with Gasteiger partial charge in [-0.05, 0) is 37.6 Å². The number of thioether (sulfide) groups is 1. The van der Waals surface area contributed by atoms with Crippen molar-refractivity contribution in [1.82, 2.24) is 15.2 Å². The molecule has 19 heavy (non-hydrogen) atoms. The molecule has 1 aromatic heterocycles. The minimum Gasteiger partial charge on any atom is -0.497 e. The van der Waals surface area contributed by atoms with Crippen molar-refractivity contribution in [2.75, 3.05) is 19.5 Å². The van der Waals surface area contributed by atoms with Gasteiger partial charge in [-0.2, -0.15) is 0 Å². The Kier molecular flexibility index (Phi) is 5.09. The molecule has 0 aliphatic heterocycles. The number of aryl methyl sites for hydroxylation is 1. The average Bonchev–Trinajstić information content (AvgIpc) is 2.85. The number of rotatable bonds is 7. The van der Waals surface area contributed by atoms with Crippen molar-refractivity contribution in [3.05, 3.63) is 30.1 Å². The summed E-state index contributed by atoms with van der Waals surface area (Å²) in [5, 5.41) is 7.68. The Labute approximate surface area is 116 Å². The van der Waals surface area contributed by atoms with Crippen LogP contribution in [0.1, 0.15) is 12.2 Å². The van der Waals surface area contributed by atoms with Gasteiger partial charge in [-0.3, -0.25) is 5.10 Å². The monoisotopic (exact) mass is 279 g/mol. The Morgan fingerprint density at radius 2 is 1.95 bits per heavy atom. The molecule has 1 aromatic carbocycles. The maximum Gasteiger partial charge on any atom is 0.208 e. The number of H-pyrrole nitrogens is 1. The van der Waals surface area contributed by atoms with E-state index in [1.165, 1.54) is 0 Å². The SMILES string of the molecule is COc1ccc(OCCCSc2n[nH]c(C)n2)cc1. The van der Waals surface area contributed by atoms with Gasteiger partial charge in [-0.1, -0.05) is 11.8 Å². The van der Waals surface area contributed by atoms with Crippen LogP contribution in [0.5, 0.6) is 11.5 Å². The van der Waals surface area contributed by atoms with Crippen LogP contribution in [0.3, 0.4) is 0 Å². The summed E-state index contributed by atoms with van der Waals surface area (Å²) in [6, 6.07) is 7.59. The van der Waals surface area contributed by atoms with Crippen LogP contribution in [0.25, 0.3) is 0 Å². The summed E-state index contributed by atoms with van der Waals surface area (Å²) in [6.07, 6.45) is 0.949. The highest BCUT2D eigenvalue weighted by atomic mass is 32.2. The van der Waals surface area contributed by atoms with E-state index in [0.717, 1.165) is 34.7 Å². The first-order chi connectivity index (χ1) is 9.28. The summed E-state index contributed by atoms with van der Waals surface area (Å²) in [7, 11) is 1.65. The molecule has 102 valence electrons. The van der Waals surface area contributed by atoms with E-state index in [9.17, 15) is 0 Å². The smallest absolute Gasteiger partial charge is 0.208 e. The largest absolute Gasteiger partial charge is 0.497 e. The third-order valence-corrected chi connectivity index (χ3v) is 3.36. The van der Waals surface area contributed by atoms with Crippen molar-refractivity contribution in [3.8, 4) is 11.5 Å². The molecule has 2 aromatic rings. The Bertz CT molecular complexity index is 499. The molecule has 0 radical (unpaired) electrons. The number of aromatic nitrogens is 3. The van der Waals surface area contributed by atoms with Crippen LogP contribution in [0.2, 0.25) is 0 Å². The predicted octanol–water partition coefficient (Wildman–Crippen LogP) is 2.68. The van der Waals surface area contributed by atoms with E-state index in [1.807, 2.05) is 31.2 Å². The van der Waals surface area contributed by atoms with E-state index in [1.54, 1.807) is 18.9 Å². The number of benzene rings is 1. The number of nitrogens with one attached hydrogen (secondary N) is 1. The van der Waals surface area contributed by atoms with Gasteiger partial charge in [0, 0.05) is 5.75 Å². The molecule has 6 heteroatoms. The van der Waals surface area contributed by atoms with Gasteiger partial charge >= 0.3 is 0 Å². The van der Waals surface area contributed by atoms with Crippen molar-refractivity contribution < 1.29 is 9.47 Å². The second-order valence-corrected chi connectivity index (χ2v) is 4.99. The van der Waals surface area contributed by atoms with Crippen molar-refractivity contribution >= 4 is 11.8 Å². The van der Waals surface area contributed by atoms with Crippen molar-refractivity contribution in [3.63, 3.8) is 0 Å². The first-order valence-corrected chi connectivity index (χ1v) is 7.05. The molecule has 0 aliphatic carbocycles. The van der Waals surface area contributed by atoms with E-state index in [0.29, 0.717) is 6.61 Å². The summed E-state index contributed by atoms with van der Waals surface area (Å²) < 4.78 is 10.7.